The van der Waals surface area contributed by atoms with Crippen molar-refractivity contribution < 1.29 is 4.79 Å². The Morgan fingerprint density at radius 2 is 1.81 bits per heavy atom. The quantitative estimate of drug-likeness (QED) is 0.792. The van der Waals surface area contributed by atoms with E-state index in [0.29, 0.717) is 6.54 Å². The second-order valence-electron chi connectivity index (χ2n) is 7.69. The van der Waals surface area contributed by atoms with Crippen molar-refractivity contribution in [2.24, 2.45) is 0 Å². The molecular formula is C22H26BrN3O. The van der Waals surface area contributed by atoms with Crippen LogP contribution >= 0.6 is 15.9 Å². The molecule has 0 spiro atoms. The summed E-state index contributed by atoms with van der Waals surface area (Å²) < 4.78 is 1.03. The lowest BCUT2D eigenvalue weighted by molar-refractivity contribution is -0.123. The predicted octanol–water partition coefficient (Wildman–Crippen LogP) is 3.55. The maximum Gasteiger partial charge on any atom is 0.230 e. The van der Waals surface area contributed by atoms with Crippen LogP contribution in [0.1, 0.15) is 24.0 Å². The largest absolute Gasteiger partial charge is 0.369 e. The lowest BCUT2D eigenvalue weighted by Gasteiger charge is -2.35. The summed E-state index contributed by atoms with van der Waals surface area (Å²) in [6, 6.07) is 16.6. The first-order valence-electron chi connectivity index (χ1n) is 9.64. The first-order valence-corrected chi connectivity index (χ1v) is 10.4. The summed E-state index contributed by atoms with van der Waals surface area (Å²) in [6.45, 7) is 4.79. The summed E-state index contributed by atoms with van der Waals surface area (Å²) in [7, 11) is 2.17. The van der Waals surface area contributed by atoms with Crippen molar-refractivity contribution in [3.63, 3.8) is 0 Å². The van der Waals surface area contributed by atoms with Crippen LogP contribution in [0.15, 0.2) is 53.0 Å². The number of piperazine rings is 1. The lowest BCUT2D eigenvalue weighted by atomic mass is 9.95. The standard InChI is InChI=1S/C22H26BrN3O/c1-25-11-13-26(14-12-25)20-8-3-2-5-17(20)16-24-21(27)22(9-10-22)18-6-4-7-19(23)15-18/h2-8,15H,9-14,16H2,1H3,(H,24,27). The highest BCUT2D eigenvalue weighted by atomic mass is 79.9. The van der Waals surface area contributed by atoms with Gasteiger partial charge in [-0.2, -0.15) is 0 Å². The van der Waals surface area contributed by atoms with Gasteiger partial charge < -0.3 is 15.1 Å². The maximum atomic E-state index is 13.0. The van der Waals surface area contributed by atoms with Crippen LogP contribution in [0.3, 0.4) is 0 Å². The fourth-order valence-electron chi connectivity index (χ4n) is 3.92. The van der Waals surface area contributed by atoms with Crippen molar-refractivity contribution in [1.82, 2.24) is 10.2 Å². The van der Waals surface area contributed by atoms with Crippen molar-refractivity contribution >= 4 is 27.5 Å². The topological polar surface area (TPSA) is 35.6 Å². The molecule has 142 valence electrons. The zero-order valence-electron chi connectivity index (χ0n) is 15.7. The molecule has 1 heterocycles. The molecule has 0 atom stereocenters. The van der Waals surface area contributed by atoms with Crippen molar-refractivity contribution in [3.05, 3.63) is 64.1 Å². The molecule has 2 aromatic carbocycles. The Morgan fingerprint density at radius 3 is 2.52 bits per heavy atom. The summed E-state index contributed by atoms with van der Waals surface area (Å²) in [4.78, 5) is 17.8. The van der Waals surface area contributed by atoms with Crippen molar-refractivity contribution in [2.75, 3.05) is 38.1 Å². The number of hydrogen-bond donors (Lipinski definition) is 1. The van der Waals surface area contributed by atoms with E-state index in [1.807, 2.05) is 12.1 Å². The maximum absolute atomic E-state index is 13.0. The number of carbonyl (C=O) groups excluding carboxylic acids is 1. The number of likely N-dealkylation sites (N-methyl/N-ethyl adjacent to an activating group) is 1. The van der Waals surface area contributed by atoms with Crippen LogP contribution in [0.5, 0.6) is 0 Å². The number of nitrogens with zero attached hydrogens (tertiary/aromatic N) is 2. The van der Waals surface area contributed by atoms with Crippen LogP contribution in [0, 0.1) is 0 Å². The molecule has 4 rings (SSSR count). The molecule has 5 heteroatoms. The van der Waals surface area contributed by atoms with E-state index in [0.717, 1.165) is 49.1 Å². The Hall–Kier alpha value is -1.85. The molecule has 1 aliphatic heterocycles. The summed E-state index contributed by atoms with van der Waals surface area (Å²) in [5, 5.41) is 3.22. The predicted molar refractivity (Wildman–Crippen MR) is 113 cm³/mol. The molecule has 1 N–H and O–H groups in total. The average molecular weight is 428 g/mol. The molecule has 0 unspecified atom stereocenters. The van der Waals surface area contributed by atoms with Gasteiger partial charge in [0.25, 0.3) is 0 Å². The summed E-state index contributed by atoms with van der Waals surface area (Å²) in [5.74, 6) is 0.147. The molecule has 1 saturated heterocycles. The van der Waals surface area contributed by atoms with E-state index in [4.69, 9.17) is 0 Å². The first-order chi connectivity index (χ1) is 13.1. The van der Waals surface area contributed by atoms with Crippen LogP contribution in [-0.4, -0.2) is 44.0 Å². The second kappa shape index (κ2) is 7.64. The number of amides is 1. The Kier molecular flexibility index (Phi) is 5.24. The fourth-order valence-corrected chi connectivity index (χ4v) is 4.32. The molecule has 1 saturated carbocycles. The van der Waals surface area contributed by atoms with Crippen LogP contribution < -0.4 is 10.2 Å². The van der Waals surface area contributed by atoms with Gasteiger partial charge in [0.15, 0.2) is 0 Å². The summed E-state index contributed by atoms with van der Waals surface area (Å²) in [6.07, 6.45) is 1.85. The van der Waals surface area contributed by atoms with E-state index >= 15 is 0 Å². The van der Waals surface area contributed by atoms with Gasteiger partial charge in [0, 0.05) is 42.9 Å². The van der Waals surface area contributed by atoms with Crippen molar-refractivity contribution in [2.45, 2.75) is 24.8 Å². The van der Waals surface area contributed by atoms with E-state index in [1.54, 1.807) is 0 Å². The molecule has 1 aliphatic carbocycles. The molecule has 1 amide bonds. The zero-order chi connectivity index (χ0) is 18.9. The average Bonchev–Trinajstić information content (AvgIpc) is 3.49. The first kappa shape index (κ1) is 18.5. The molecule has 0 bridgehead atoms. The number of benzene rings is 2. The normalized spacial score (nSPS) is 19.0. The third-order valence-electron chi connectivity index (χ3n) is 5.84. The lowest BCUT2D eigenvalue weighted by Crippen LogP contribution is -2.45. The van der Waals surface area contributed by atoms with E-state index in [2.05, 4.69) is 74.5 Å². The minimum Gasteiger partial charge on any atom is -0.369 e. The summed E-state index contributed by atoms with van der Waals surface area (Å²) in [5.41, 5.74) is 3.22. The van der Waals surface area contributed by atoms with Crippen LogP contribution in [0.2, 0.25) is 0 Å². The van der Waals surface area contributed by atoms with Crippen LogP contribution in [0.25, 0.3) is 0 Å². The van der Waals surface area contributed by atoms with Crippen molar-refractivity contribution in [3.8, 4) is 0 Å². The Balaban J connectivity index is 1.46. The fraction of sp³-hybridized carbons (Fsp3) is 0.409. The third-order valence-corrected chi connectivity index (χ3v) is 6.33. The van der Waals surface area contributed by atoms with Gasteiger partial charge in [-0.25, -0.2) is 0 Å². The smallest absolute Gasteiger partial charge is 0.230 e. The SMILES string of the molecule is CN1CCN(c2ccccc2CNC(=O)C2(c3cccc(Br)c3)CC2)CC1. The molecule has 4 nitrogen and oxygen atoms in total. The van der Waals surface area contributed by atoms with E-state index < -0.39 is 0 Å². The molecule has 0 aromatic heterocycles. The molecule has 27 heavy (non-hydrogen) atoms. The Bertz CT molecular complexity index is 826. The third kappa shape index (κ3) is 3.90. The second-order valence-corrected chi connectivity index (χ2v) is 8.61. The van der Waals surface area contributed by atoms with Gasteiger partial charge in [-0.3, -0.25) is 4.79 Å². The van der Waals surface area contributed by atoms with Crippen LogP contribution in [0.4, 0.5) is 5.69 Å². The number of halogens is 1. The highest BCUT2D eigenvalue weighted by Crippen LogP contribution is 2.49. The molecular weight excluding hydrogens is 402 g/mol. The number of anilines is 1. The summed E-state index contributed by atoms with van der Waals surface area (Å²) >= 11 is 3.52. The minimum atomic E-state index is -0.341. The van der Waals surface area contributed by atoms with Gasteiger partial charge in [0.05, 0.1) is 5.41 Å². The molecule has 2 aromatic rings. The monoisotopic (exact) mass is 427 g/mol. The highest BCUT2D eigenvalue weighted by Gasteiger charge is 2.51. The van der Waals surface area contributed by atoms with E-state index in [-0.39, 0.29) is 11.3 Å². The van der Waals surface area contributed by atoms with Gasteiger partial charge in [-0.1, -0.05) is 46.3 Å². The van der Waals surface area contributed by atoms with Gasteiger partial charge in [-0.15, -0.1) is 0 Å². The Morgan fingerprint density at radius 1 is 1.07 bits per heavy atom. The van der Waals surface area contributed by atoms with E-state index in [1.165, 1.54) is 11.3 Å². The number of para-hydroxylation sites is 1. The molecule has 2 aliphatic rings. The van der Waals surface area contributed by atoms with Gasteiger partial charge in [-0.05, 0) is 49.2 Å². The highest BCUT2D eigenvalue weighted by molar-refractivity contribution is 9.10. The Labute approximate surface area is 169 Å². The molecule has 0 radical (unpaired) electrons. The molecule has 2 fully saturated rings. The van der Waals surface area contributed by atoms with Crippen molar-refractivity contribution in [1.29, 1.82) is 0 Å². The number of hydrogen-bond acceptors (Lipinski definition) is 3. The van der Waals surface area contributed by atoms with Gasteiger partial charge in [0.2, 0.25) is 5.91 Å². The number of rotatable bonds is 5. The van der Waals surface area contributed by atoms with Gasteiger partial charge >= 0.3 is 0 Å². The van der Waals surface area contributed by atoms with E-state index in [9.17, 15) is 4.79 Å². The van der Waals surface area contributed by atoms with Gasteiger partial charge in [0.1, 0.15) is 0 Å². The zero-order valence-corrected chi connectivity index (χ0v) is 17.3. The number of carbonyl (C=O) groups is 1. The number of nitrogens with one attached hydrogen (secondary N) is 1. The van der Waals surface area contributed by atoms with Crippen LogP contribution in [-0.2, 0) is 16.8 Å². The minimum absolute atomic E-state index is 0.147.